The summed E-state index contributed by atoms with van der Waals surface area (Å²) < 4.78 is 13.0. The minimum atomic E-state index is -1.24. The van der Waals surface area contributed by atoms with E-state index < -0.39 is 35.4 Å². The van der Waals surface area contributed by atoms with E-state index in [4.69, 9.17) is 4.84 Å². The number of aliphatic hydroxyl groups is 1. The lowest BCUT2D eigenvalue weighted by Crippen LogP contribution is -2.55. The highest BCUT2D eigenvalue weighted by molar-refractivity contribution is 6.18. The minimum Gasteiger partial charge on any atom is -0.504 e. The van der Waals surface area contributed by atoms with E-state index in [1.165, 1.54) is 35.5 Å². The Morgan fingerprint density at radius 1 is 1.31 bits per heavy atom. The Morgan fingerprint density at radius 2 is 2.03 bits per heavy atom. The Balaban J connectivity index is 1.53. The molecule has 0 radical (unpaired) electrons. The molecule has 4 rings (SSSR count). The number of benzene rings is 1. The summed E-state index contributed by atoms with van der Waals surface area (Å²) in [5.41, 5.74) is 3.97. The van der Waals surface area contributed by atoms with Gasteiger partial charge in [0, 0.05) is 26.6 Å². The number of fused-ring (bicyclic) bond motifs is 2. The molecule has 2 aliphatic carbocycles. The molecule has 3 N–H and O–H groups in total. The Labute approximate surface area is 165 Å². The Hall–Kier alpha value is -2.88. The van der Waals surface area contributed by atoms with Crippen molar-refractivity contribution in [2.45, 2.75) is 19.1 Å². The molecule has 8 nitrogen and oxygen atoms in total. The summed E-state index contributed by atoms with van der Waals surface area (Å²) >= 11 is 0. The fraction of sp³-hybridized carbons (Fsp3) is 0.350. The zero-order chi connectivity index (χ0) is 20.7. The normalized spacial score (nSPS) is 27.2. The topological polar surface area (TPSA) is 108 Å². The van der Waals surface area contributed by atoms with Crippen LogP contribution < -0.4 is 10.7 Å². The van der Waals surface area contributed by atoms with E-state index in [1.807, 2.05) is 0 Å². The molecule has 0 bridgehead atoms. The van der Waals surface area contributed by atoms with Crippen molar-refractivity contribution in [1.29, 1.82) is 0 Å². The van der Waals surface area contributed by atoms with Crippen molar-refractivity contribution in [3.63, 3.8) is 0 Å². The van der Waals surface area contributed by atoms with Crippen molar-refractivity contribution in [3.05, 3.63) is 58.6 Å². The first-order valence-electron chi connectivity index (χ1n) is 9.24. The highest BCUT2D eigenvalue weighted by Crippen LogP contribution is 2.39. The predicted molar refractivity (Wildman–Crippen MR) is 98.2 cm³/mol. The molecule has 0 aromatic heterocycles. The molecule has 2 fully saturated rings. The maximum absolute atomic E-state index is 13.0. The van der Waals surface area contributed by atoms with Gasteiger partial charge in [0.1, 0.15) is 11.7 Å². The summed E-state index contributed by atoms with van der Waals surface area (Å²) in [5.74, 6) is -4.60. The number of hydrogen-bond donors (Lipinski definition) is 3. The van der Waals surface area contributed by atoms with Gasteiger partial charge in [0.2, 0.25) is 11.7 Å². The number of Topliss-reactive ketones (excluding diaryl/α,β-unsaturated/α-hetero) is 2. The molecule has 1 heterocycles. The number of aliphatic hydroxyl groups excluding tert-OH is 1. The number of nitrogens with one attached hydrogen (secondary N) is 2. The van der Waals surface area contributed by atoms with E-state index in [0.29, 0.717) is 24.1 Å². The van der Waals surface area contributed by atoms with Gasteiger partial charge in [-0.25, -0.2) is 9.82 Å². The number of hydrogen-bond acceptors (Lipinski definition) is 7. The first-order valence-corrected chi connectivity index (χ1v) is 9.24. The fourth-order valence-corrected chi connectivity index (χ4v) is 3.84. The summed E-state index contributed by atoms with van der Waals surface area (Å²) in [6, 6.07) is 5.60. The first kappa shape index (κ1) is 19.4. The van der Waals surface area contributed by atoms with Crippen LogP contribution in [-0.4, -0.2) is 47.4 Å². The van der Waals surface area contributed by atoms with Crippen LogP contribution in [0.3, 0.4) is 0 Å². The number of rotatable bonds is 3. The third-order valence-electron chi connectivity index (χ3n) is 5.38. The van der Waals surface area contributed by atoms with Crippen LogP contribution in [0, 0.1) is 17.7 Å². The highest BCUT2D eigenvalue weighted by atomic mass is 19.1. The molecule has 1 aromatic carbocycles. The standard InChI is InChI=1S/C20H20FN3O5/c1-24-23-9-14-15(29-24)7-11-6-13(18(26)19(27)16(11)17(14)25)20(28)22-8-10-2-4-12(21)5-3-10/h2-6,13-15,23,27H,7-9H2,1H3,(H,22,28)/t13?,14?,15-/m0/s1. The predicted octanol–water partition coefficient (Wildman–Crippen LogP) is 0.719. The SMILES string of the molecule is CN1NCC2C(=O)C3=C(O)C(=O)C(C(=O)NCc4ccc(F)cc4)C=C3C[C@@H]2O1. The second-order valence-electron chi connectivity index (χ2n) is 7.28. The number of nitrogens with zero attached hydrogens (tertiary/aromatic N) is 1. The smallest absolute Gasteiger partial charge is 0.235 e. The first-order chi connectivity index (χ1) is 13.8. The molecule has 1 aliphatic heterocycles. The molecule has 0 spiro atoms. The van der Waals surface area contributed by atoms with Crippen LogP contribution >= 0.6 is 0 Å². The van der Waals surface area contributed by atoms with Gasteiger partial charge in [0.25, 0.3) is 0 Å². The molecule has 1 saturated heterocycles. The fourth-order valence-electron chi connectivity index (χ4n) is 3.84. The third-order valence-corrected chi connectivity index (χ3v) is 5.38. The van der Waals surface area contributed by atoms with Gasteiger partial charge >= 0.3 is 0 Å². The van der Waals surface area contributed by atoms with Crippen molar-refractivity contribution in [2.75, 3.05) is 13.6 Å². The van der Waals surface area contributed by atoms with Crippen LogP contribution in [0.2, 0.25) is 0 Å². The van der Waals surface area contributed by atoms with Crippen LogP contribution in [0.15, 0.2) is 47.2 Å². The van der Waals surface area contributed by atoms with Gasteiger partial charge < -0.3 is 10.4 Å². The van der Waals surface area contributed by atoms with E-state index in [9.17, 15) is 23.9 Å². The quantitative estimate of drug-likeness (QED) is 0.641. The number of carbonyl (C=O) groups excluding carboxylic acids is 3. The molecule has 152 valence electrons. The Morgan fingerprint density at radius 3 is 2.76 bits per heavy atom. The molecule has 1 aromatic rings. The highest BCUT2D eigenvalue weighted by Gasteiger charge is 2.47. The van der Waals surface area contributed by atoms with Crippen molar-refractivity contribution >= 4 is 17.5 Å². The number of ketones is 2. The molecule has 1 saturated carbocycles. The lowest BCUT2D eigenvalue weighted by atomic mass is 9.73. The molecule has 2 unspecified atom stereocenters. The number of allylic oxidation sites excluding steroid dienone is 2. The van der Waals surface area contributed by atoms with E-state index in [2.05, 4.69) is 10.7 Å². The average Bonchev–Trinajstić information content (AvgIpc) is 2.69. The lowest BCUT2D eigenvalue weighted by Gasteiger charge is -2.41. The molecular formula is C20H20FN3O5. The lowest BCUT2D eigenvalue weighted by molar-refractivity contribution is -0.253. The molecule has 3 aliphatic rings. The molecular weight excluding hydrogens is 381 g/mol. The Bertz CT molecular complexity index is 940. The van der Waals surface area contributed by atoms with Crippen molar-refractivity contribution < 1.29 is 28.7 Å². The summed E-state index contributed by atoms with van der Waals surface area (Å²) in [6.07, 6.45) is 1.29. The van der Waals surface area contributed by atoms with Crippen LogP contribution in [0.5, 0.6) is 0 Å². The maximum atomic E-state index is 13.0. The van der Waals surface area contributed by atoms with Gasteiger partial charge in [-0.2, -0.15) is 0 Å². The van der Waals surface area contributed by atoms with E-state index in [1.54, 1.807) is 7.05 Å². The van der Waals surface area contributed by atoms with E-state index in [-0.39, 0.29) is 23.7 Å². The Kier molecular flexibility index (Phi) is 5.03. The number of hydrazine groups is 1. The average molecular weight is 401 g/mol. The maximum Gasteiger partial charge on any atom is 0.235 e. The zero-order valence-corrected chi connectivity index (χ0v) is 15.6. The van der Waals surface area contributed by atoms with Gasteiger partial charge in [-0.15, -0.1) is 5.17 Å². The van der Waals surface area contributed by atoms with Crippen LogP contribution in [0.25, 0.3) is 0 Å². The summed E-state index contributed by atoms with van der Waals surface area (Å²) in [7, 11) is 1.67. The van der Waals surface area contributed by atoms with E-state index >= 15 is 0 Å². The van der Waals surface area contributed by atoms with Crippen molar-refractivity contribution in [2.24, 2.45) is 11.8 Å². The summed E-state index contributed by atoms with van der Waals surface area (Å²) in [5, 5.41) is 14.4. The second-order valence-corrected chi connectivity index (χ2v) is 7.28. The van der Waals surface area contributed by atoms with Gasteiger partial charge in [0.05, 0.1) is 17.6 Å². The third kappa shape index (κ3) is 3.59. The molecule has 9 heteroatoms. The molecule has 1 amide bonds. The molecule has 3 atom stereocenters. The summed E-state index contributed by atoms with van der Waals surface area (Å²) in [4.78, 5) is 43.5. The monoisotopic (exact) mass is 401 g/mol. The van der Waals surface area contributed by atoms with Gasteiger partial charge in [0.15, 0.2) is 11.5 Å². The number of carbonyl (C=O) groups is 3. The van der Waals surface area contributed by atoms with Gasteiger partial charge in [-0.1, -0.05) is 18.2 Å². The van der Waals surface area contributed by atoms with Gasteiger partial charge in [-0.05, 0) is 23.3 Å². The van der Waals surface area contributed by atoms with Crippen LogP contribution in [0.4, 0.5) is 4.39 Å². The van der Waals surface area contributed by atoms with Crippen molar-refractivity contribution in [3.8, 4) is 0 Å². The van der Waals surface area contributed by atoms with Crippen LogP contribution in [-0.2, 0) is 25.8 Å². The second kappa shape index (κ2) is 7.51. The number of hydroxylamine groups is 1. The largest absolute Gasteiger partial charge is 0.504 e. The minimum absolute atomic E-state index is 0.0196. The summed E-state index contributed by atoms with van der Waals surface area (Å²) in [6.45, 7) is 0.437. The number of amides is 1. The number of halogens is 1. The van der Waals surface area contributed by atoms with Gasteiger partial charge in [-0.3, -0.25) is 19.2 Å². The van der Waals surface area contributed by atoms with E-state index in [0.717, 1.165) is 0 Å². The van der Waals surface area contributed by atoms with Crippen LogP contribution in [0.1, 0.15) is 12.0 Å². The zero-order valence-electron chi connectivity index (χ0n) is 15.6. The molecule has 29 heavy (non-hydrogen) atoms. The van der Waals surface area contributed by atoms with Crippen molar-refractivity contribution in [1.82, 2.24) is 15.9 Å².